The minimum absolute atomic E-state index is 0.0622. The quantitative estimate of drug-likeness (QED) is 0.601. The summed E-state index contributed by atoms with van der Waals surface area (Å²) in [5.74, 6) is -1.17. The zero-order valence-corrected chi connectivity index (χ0v) is 20.3. The maximum absolute atomic E-state index is 13.4. The van der Waals surface area contributed by atoms with Crippen molar-refractivity contribution in [3.8, 4) is 6.07 Å². The summed E-state index contributed by atoms with van der Waals surface area (Å²) in [5.41, 5.74) is 5.70. The van der Waals surface area contributed by atoms with Crippen molar-refractivity contribution in [1.29, 1.82) is 5.26 Å². The van der Waals surface area contributed by atoms with Gasteiger partial charge in [0.1, 0.15) is 17.6 Å². The van der Waals surface area contributed by atoms with Gasteiger partial charge in [-0.05, 0) is 49.1 Å². The minimum atomic E-state index is -3.96. The molecule has 1 aliphatic heterocycles. The normalized spacial score (nSPS) is 22.0. The number of carbonyl (C=O) groups excluding carboxylic acids is 2. The molecule has 1 aliphatic carbocycles. The van der Waals surface area contributed by atoms with Crippen molar-refractivity contribution in [2.24, 2.45) is 5.73 Å². The summed E-state index contributed by atoms with van der Waals surface area (Å²) in [4.78, 5) is 27.6. The number of halogens is 2. The molecule has 3 N–H and O–H groups in total. The maximum atomic E-state index is 13.4. The highest BCUT2D eigenvalue weighted by molar-refractivity contribution is 7.92. The summed E-state index contributed by atoms with van der Waals surface area (Å²) < 4.78 is 26.7. The molecule has 0 bridgehead atoms. The molecule has 3 atom stereocenters. The lowest BCUT2D eigenvalue weighted by molar-refractivity contribution is -0.139. The van der Waals surface area contributed by atoms with Gasteiger partial charge in [0.25, 0.3) is 0 Å². The molecule has 2 fully saturated rings. The summed E-state index contributed by atoms with van der Waals surface area (Å²) in [6.45, 7) is -0.231. The fourth-order valence-electron chi connectivity index (χ4n) is 4.07. The van der Waals surface area contributed by atoms with Crippen molar-refractivity contribution in [1.82, 2.24) is 10.2 Å². The zero-order chi connectivity index (χ0) is 24.7. The first-order valence-corrected chi connectivity index (χ1v) is 12.9. The van der Waals surface area contributed by atoms with E-state index in [2.05, 4.69) is 11.4 Å². The van der Waals surface area contributed by atoms with Crippen LogP contribution in [0.25, 0.3) is 0 Å². The molecule has 178 valence electrons. The first kappa shape index (κ1) is 24.5. The predicted molar refractivity (Wildman–Crippen MR) is 127 cm³/mol. The van der Waals surface area contributed by atoms with Gasteiger partial charge in [-0.25, -0.2) is 8.42 Å². The van der Waals surface area contributed by atoms with Crippen molar-refractivity contribution in [2.75, 3.05) is 6.54 Å². The van der Waals surface area contributed by atoms with Gasteiger partial charge in [-0.1, -0.05) is 47.5 Å². The number of sulfone groups is 1. The summed E-state index contributed by atoms with van der Waals surface area (Å²) in [6.07, 6.45) is 0.864. The highest BCUT2D eigenvalue weighted by Gasteiger charge is 2.51. The van der Waals surface area contributed by atoms with Gasteiger partial charge in [-0.2, -0.15) is 5.26 Å². The van der Waals surface area contributed by atoms with Crippen LogP contribution in [0.15, 0.2) is 53.4 Å². The Bertz CT molecular complexity index is 1270. The Labute approximate surface area is 207 Å². The van der Waals surface area contributed by atoms with E-state index in [4.69, 9.17) is 28.9 Å². The number of nitriles is 1. The van der Waals surface area contributed by atoms with Crippen LogP contribution in [0.5, 0.6) is 0 Å². The molecule has 2 amide bonds. The van der Waals surface area contributed by atoms with E-state index in [1.165, 1.54) is 17.0 Å². The molecular weight excluding hydrogens is 499 g/mol. The van der Waals surface area contributed by atoms with E-state index in [0.29, 0.717) is 23.4 Å². The summed E-state index contributed by atoms with van der Waals surface area (Å²) in [7, 11) is -3.96. The number of benzene rings is 2. The average Bonchev–Trinajstić information content (AvgIpc) is 3.43. The third-order valence-electron chi connectivity index (χ3n) is 6.25. The summed E-state index contributed by atoms with van der Waals surface area (Å²) in [5, 5.41) is 11.5. The van der Waals surface area contributed by atoms with E-state index < -0.39 is 44.5 Å². The SMILES string of the molecule is N#CC1(NC(=O)[C@@H]2C[C@@H](S(=O)(=O)c3ccccc3Cl)CN2C(=O)[C@H](N)c2ccc(Cl)cc2)CC1. The number of likely N-dealkylation sites (tertiary alicyclic amines) is 1. The Hall–Kier alpha value is -2.64. The molecule has 2 aromatic rings. The van der Waals surface area contributed by atoms with Crippen LogP contribution in [0.4, 0.5) is 0 Å². The Balaban J connectivity index is 1.65. The molecule has 0 spiro atoms. The largest absolute Gasteiger partial charge is 0.336 e. The van der Waals surface area contributed by atoms with Crippen molar-refractivity contribution >= 4 is 44.9 Å². The first-order valence-electron chi connectivity index (χ1n) is 10.6. The third-order valence-corrected chi connectivity index (χ3v) is 9.13. The third kappa shape index (κ3) is 4.64. The van der Waals surface area contributed by atoms with E-state index in [9.17, 15) is 23.3 Å². The molecule has 2 aliphatic rings. The average molecular weight is 521 g/mol. The van der Waals surface area contributed by atoms with Gasteiger partial charge in [0.2, 0.25) is 11.8 Å². The highest BCUT2D eigenvalue weighted by atomic mass is 35.5. The smallest absolute Gasteiger partial charge is 0.244 e. The van der Waals surface area contributed by atoms with Crippen LogP contribution in [0.3, 0.4) is 0 Å². The van der Waals surface area contributed by atoms with E-state index in [-0.39, 0.29) is 22.9 Å². The highest BCUT2D eigenvalue weighted by Crippen LogP contribution is 2.37. The standard InChI is InChI=1S/C23H22Cl2N4O4S/c24-15-7-5-14(6-8-15)20(27)22(31)29-12-16(34(32,33)19-4-2-1-3-17(19)25)11-18(29)21(30)28-23(13-26)9-10-23/h1-8,16,18,20H,9-12,27H2,(H,28,30)/t16-,18+,20-/m1/s1. The molecule has 1 saturated carbocycles. The fourth-order valence-corrected chi connectivity index (χ4v) is 6.41. The number of rotatable bonds is 6. The second-order valence-corrected chi connectivity index (χ2v) is 11.6. The number of carbonyl (C=O) groups is 2. The number of hydrogen-bond acceptors (Lipinski definition) is 6. The molecule has 0 unspecified atom stereocenters. The molecule has 2 aromatic carbocycles. The lowest BCUT2D eigenvalue weighted by Gasteiger charge is -2.27. The predicted octanol–water partition coefficient (Wildman–Crippen LogP) is 2.61. The number of nitrogens with two attached hydrogens (primary N) is 1. The van der Waals surface area contributed by atoms with Crippen molar-refractivity contribution < 1.29 is 18.0 Å². The van der Waals surface area contributed by atoms with Crippen LogP contribution in [0.1, 0.15) is 30.9 Å². The van der Waals surface area contributed by atoms with Crippen LogP contribution in [0.2, 0.25) is 10.0 Å². The van der Waals surface area contributed by atoms with Crippen molar-refractivity contribution in [3.63, 3.8) is 0 Å². The molecule has 8 nitrogen and oxygen atoms in total. The topological polar surface area (TPSA) is 133 Å². The molecule has 4 rings (SSSR count). The Morgan fingerprint density at radius 2 is 1.79 bits per heavy atom. The minimum Gasteiger partial charge on any atom is -0.336 e. The van der Waals surface area contributed by atoms with Crippen molar-refractivity contribution in [3.05, 3.63) is 64.1 Å². The van der Waals surface area contributed by atoms with Crippen LogP contribution < -0.4 is 11.1 Å². The fraction of sp³-hybridized carbons (Fsp3) is 0.348. The molecule has 34 heavy (non-hydrogen) atoms. The Morgan fingerprint density at radius 3 is 2.38 bits per heavy atom. The van der Waals surface area contributed by atoms with Crippen molar-refractivity contribution in [2.45, 2.75) is 47.0 Å². The molecule has 0 aromatic heterocycles. The zero-order valence-electron chi connectivity index (χ0n) is 17.9. The number of amides is 2. The first-order chi connectivity index (χ1) is 16.1. The monoisotopic (exact) mass is 520 g/mol. The molecule has 1 heterocycles. The van der Waals surface area contributed by atoms with E-state index in [1.807, 2.05) is 0 Å². The van der Waals surface area contributed by atoms with Crippen LogP contribution in [0, 0.1) is 11.3 Å². The lowest BCUT2D eigenvalue weighted by Crippen LogP contribution is -2.51. The summed E-state index contributed by atoms with van der Waals surface area (Å²) >= 11 is 12.1. The van der Waals surface area contributed by atoms with Crippen LogP contribution in [-0.2, 0) is 19.4 Å². The van der Waals surface area contributed by atoms with E-state index >= 15 is 0 Å². The molecule has 0 radical (unpaired) electrons. The van der Waals surface area contributed by atoms with Gasteiger partial charge in [-0.15, -0.1) is 0 Å². The number of hydrogen-bond donors (Lipinski definition) is 2. The van der Waals surface area contributed by atoms with E-state index in [1.54, 1.807) is 36.4 Å². The van der Waals surface area contributed by atoms with Gasteiger partial charge in [-0.3, -0.25) is 9.59 Å². The van der Waals surface area contributed by atoms with Crippen LogP contribution in [-0.4, -0.2) is 48.5 Å². The van der Waals surface area contributed by atoms with Gasteiger partial charge in [0.15, 0.2) is 9.84 Å². The molecule has 1 saturated heterocycles. The van der Waals surface area contributed by atoms with Gasteiger partial charge >= 0.3 is 0 Å². The van der Waals surface area contributed by atoms with E-state index in [0.717, 1.165) is 0 Å². The Kier molecular flexibility index (Phi) is 6.62. The summed E-state index contributed by atoms with van der Waals surface area (Å²) in [6, 6.07) is 12.3. The second kappa shape index (κ2) is 9.19. The number of nitrogens with zero attached hydrogens (tertiary/aromatic N) is 2. The maximum Gasteiger partial charge on any atom is 0.244 e. The molecule has 11 heteroatoms. The van der Waals surface area contributed by atoms with Gasteiger partial charge in [0, 0.05) is 11.6 Å². The second-order valence-electron chi connectivity index (χ2n) is 8.55. The van der Waals surface area contributed by atoms with Gasteiger partial charge in [0.05, 0.1) is 21.2 Å². The number of nitrogens with one attached hydrogen (secondary N) is 1. The Morgan fingerprint density at radius 1 is 1.15 bits per heavy atom. The lowest BCUT2D eigenvalue weighted by atomic mass is 10.1. The van der Waals surface area contributed by atoms with Crippen LogP contribution >= 0.6 is 23.2 Å². The molecular formula is C23H22Cl2N4O4S. The van der Waals surface area contributed by atoms with Gasteiger partial charge < -0.3 is 16.0 Å².